The monoisotopic (exact) mass is 284 g/mol. The molecule has 1 rings (SSSR count). The zero-order valence-corrected chi connectivity index (χ0v) is 9.31. The lowest BCUT2D eigenvalue weighted by atomic mass is 10.5. The Morgan fingerprint density at radius 3 is 1.72 bits per heavy atom. The van der Waals surface area contributed by atoms with E-state index in [9.17, 15) is 26.5 Å². The Morgan fingerprint density at radius 1 is 1.11 bits per heavy atom. The third-order valence-electron chi connectivity index (χ3n) is 1.45. The van der Waals surface area contributed by atoms with E-state index in [4.69, 9.17) is 4.74 Å². The van der Waals surface area contributed by atoms with Gasteiger partial charge in [-0.15, -0.1) is 9.33 Å². The zero-order chi connectivity index (χ0) is 14.4. The third-order valence-corrected chi connectivity index (χ3v) is 1.45. The van der Waals surface area contributed by atoms with Gasteiger partial charge in [-0.05, 0) is 18.4 Å². The van der Waals surface area contributed by atoms with Gasteiger partial charge in [0.05, 0.1) is 0 Å². The fourth-order valence-electron chi connectivity index (χ4n) is 0.701. The standard InChI is InChI=1S/C4F6O3.C4H10O/c5-1-2(6)12-4(9,11-1)3(7,8)13-10;1-3-5-4-2/h;3-4H2,1-2H3. The molecule has 0 radical (unpaired) electrons. The number of ether oxygens (including phenoxy) is 3. The molecule has 0 unspecified atom stereocenters. The van der Waals surface area contributed by atoms with E-state index in [2.05, 4.69) is 9.47 Å². The minimum absolute atomic E-state index is 0.844. The maximum atomic E-state index is 12.5. The summed E-state index contributed by atoms with van der Waals surface area (Å²) in [6.45, 7) is 5.67. The van der Waals surface area contributed by atoms with Crippen molar-refractivity contribution < 1.29 is 45.6 Å². The predicted molar refractivity (Wildman–Crippen MR) is 44.6 cm³/mol. The van der Waals surface area contributed by atoms with Gasteiger partial charge in [0.1, 0.15) is 0 Å². The molecule has 18 heavy (non-hydrogen) atoms. The molecule has 10 heteroatoms. The quantitative estimate of drug-likeness (QED) is 0.742. The second-order valence-electron chi connectivity index (χ2n) is 2.66. The number of hydrogen-bond acceptors (Lipinski definition) is 4. The van der Waals surface area contributed by atoms with Crippen molar-refractivity contribution in [3.8, 4) is 0 Å². The highest BCUT2D eigenvalue weighted by molar-refractivity contribution is 4.94. The van der Waals surface area contributed by atoms with Crippen LogP contribution in [0.4, 0.5) is 26.5 Å². The molecule has 0 fully saturated rings. The van der Waals surface area contributed by atoms with Crippen molar-refractivity contribution in [2.45, 2.75) is 26.0 Å². The summed E-state index contributed by atoms with van der Waals surface area (Å²) in [7, 11) is 0. The van der Waals surface area contributed by atoms with Gasteiger partial charge in [-0.1, -0.05) is 0 Å². The molecule has 0 aliphatic carbocycles. The maximum Gasteiger partial charge on any atom is 0.511 e. The molecule has 1 heterocycles. The normalized spacial score (nSPS) is 17.8. The smallest absolute Gasteiger partial charge is 0.388 e. The number of hydrogen-bond donors (Lipinski definition) is 0. The summed E-state index contributed by atoms with van der Waals surface area (Å²) < 4.78 is 82.0. The summed E-state index contributed by atoms with van der Waals surface area (Å²) in [5, 5.41) is 0. The Labute approximate surface area is 98.0 Å². The Hall–Kier alpha value is -1.16. The second kappa shape index (κ2) is 6.69. The minimum Gasteiger partial charge on any atom is -0.388 e. The molecule has 0 amide bonds. The Balaban J connectivity index is 0.000000494. The first-order chi connectivity index (χ1) is 8.24. The van der Waals surface area contributed by atoms with Crippen molar-refractivity contribution in [2.24, 2.45) is 0 Å². The summed E-state index contributed by atoms with van der Waals surface area (Å²) in [5.41, 5.74) is 0. The number of alkyl halides is 3. The van der Waals surface area contributed by atoms with Gasteiger partial charge < -0.3 is 14.2 Å². The molecule has 4 nitrogen and oxygen atoms in total. The molecular weight excluding hydrogens is 274 g/mol. The molecule has 0 atom stereocenters. The maximum absolute atomic E-state index is 12.5. The molecule has 1 aliphatic heterocycles. The minimum atomic E-state index is -5.28. The molecule has 0 saturated carbocycles. The first-order valence-electron chi connectivity index (χ1n) is 4.61. The van der Waals surface area contributed by atoms with Crippen LogP contribution in [0.2, 0.25) is 0 Å². The van der Waals surface area contributed by atoms with E-state index in [1.807, 2.05) is 13.8 Å². The molecule has 0 saturated heterocycles. The van der Waals surface area contributed by atoms with Crippen LogP contribution in [0.5, 0.6) is 0 Å². The van der Waals surface area contributed by atoms with Crippen molar-refractivity contribution in [3.63, 3.8) is 0 Å². The first-order valence-corrected chi connectivity index (χ1v) is 4.61. The summed E-state index contributed by atoms with van der Waals surface area (Å²) in [6, 6.07) is -9.39. The van der Waals surface area contributed by atoms with Crippen LogP contribution in [-0.2, 0) is 19.2 Å². The van der Waals surface area contributed by atoms with Gasteiger partial charge in [-0.25, -0.2) is 0 Å². The van der Waals surface area contributed by atoms with E-state index in [1.54, 1.807) is 4.94 Å². The van der Waals surface area contributed by atoms with E-state index in [0.717, 1.165) is 13.2 Å². The summed E-state index contributed by atoms with van der Waals surface area (Å²) >= 11 is 0. The summed E-state index contributed by atoms with van der Waals surface area (Å²) in [6.07, 6.45) is -5.28. The van der Waals surface area contributed by atoms with Gasteiger partial charge in [-0.3, -0.25) is 0 Å². The largest absolute Gasteiger partial charge is 0.511 e. The Morgan fingerprint density at radius 2 is 1.50 bits per heavy atom. The van der Waals surface area contributed by atoms with Crippen LogP contribution in [0.1, 0.15) is 13.8 Å². The molecule has 0 aromatic heterocycles. The van der Waals surface area contributed by atoms with E-state index >= 15 is 0 Å². The zero-order valence-electron chi connectivity index (χ0n) is 9.31. The van der Waals surface area contributed by atoms with E-state index in [0.29, 0.717) is 0 Å². The SMILES string of the molecule is CCOCC.FOC(F)(F)C1(F)OC(F)=C(F)O1. The highest BCUT2D eigenvalue weighted by Gasteiger charge is 2.69. The molecule has 0 bridgehead atoms. The van der Waals surface area contributed by atoms with E-state index in [-0.39, 0.29) is 0 Å². The van der Waals surface area contributed by atoms with Gasteiger partial charge in [0, 0.05) is 13.2 Å². The average Bonchev–Trinajstić information content (AvgIpc) is 2.56. The van der Waals surface area contributed by atoms with Gasteiger partial charge in [0.25, 0.3) is 0 Å². The number of rotatable bonds is 4. The van der Waals surface area contributed by atoms with Crippen LogP contribution in [0.25, 0.3) is 0 Å². The third kappa shape index (κ3) is 3.95. The van der Waals surface area contributed by atoms with Crippen molar-refractivity contribution in [2.75, 3.05) is 13.2 Å². The highest BCUT2D eigenvalue weighted by atomic mass is 19.4. The molecule has 108 valence electrons. The summed E-state index contributed by atoms with van der Waals surface area (Å²) in [4.78, 5) is 1.80. The Kier molecular flexibility index (Phi) is 6.26. The topological polar surface area (TPSA) is 36.9 Å². The average molecular weight is 284 g/mol. The van der Waals surface area contributed by atoms with Crippen molar-refractivity contribution >= 4 is 0 Å². The molecule has 0 aromatic carbocycles. The first kappa shape index (κ1) is 16.8. The van der Waals surface area contributed by atoms with Crippen LogP contribution in [0.3, 0.4) is 0 Å². The van der Waals surface area contributed by atoms with Crippen molar-refractivity contribution in [1.29, 1.82) is 0 Å². The van der Waals surface area contributed by atoms with E-state index < -0.39 is 24.2 Å². The van der Waals surface area contributed by atoms with Gasteiger partial charge in [-0.2, -0.15) is 17.6 Å². The van der Waals surface area contributed by atoms with Crippen molar-refractivity contribution in [1.82, 2.24) is 0 Å². The molecule has 0 N–H and O–H groups in total. The fourth-order valence-corrected chi connectivity index (χ4v) is 0.701. The van der Waals surface area contributed by atoms with Crippen LogP contribution in [0, 0.1) is 0 Å². The second-order valence-corrected chi connectivity index (χ2v) is 2.66. The predicted octanol–water partition coefficient (Wildman–Crippen LogP) is 3.26. The van der Waals surface area contributed by atoms with E-state index in [1.165, 1.54) is 0 Å². The number of halogens is 6. The highest BCUT2D eigenvalue weighted by Crippen LogP contribution is 2.44. The van der Waals surface area contributed by atoms with Crippen LogP contribution >= 0.6 is 0 Å². The lowest BCUT2D eigenvalue weighted by Crippen LogP contribution is -2.46. The van der Waals surface area contributed by atoms with Crippen molar-refractivity contribution in [3.05, 3.63) is 12.0 Å². The van der Waals surface area contributed by atoms with Gasteiger partial charge in [0.15, 0.2) is 0 Å². The molecule has 0 aromatic rings. The molecule has 1 aliphatic rings. The fraction of sp³-hybridized carbons (Fsp3) is 0.750. The van der Waals surface area contributed by atoms with Crippen LogP contribution < -0.4 is 0 Å². The lowest BCUT2D eigenvalue weighted by molar-refractivity contribution is -0.489. The Bertz CT molecular complexity index is 279. The molecular formula is C8H10F6O4. The van der Waals surface area contributed by atoms with Gasteiger partial charge in [0.2, 0.25) is 0 Å². The molecule has 0 spiro atoms. The van der Waals surface area contributed by atoms with Crippen LogP contribution in [-0.4, -0.2) is 25.4 Å². The van der Waals surface area contributed by atoms with Gasteiger partial charge >= 0.3 is 24.2 Å². The summed E-state index contributed by atoms with van der Waals surface area (Å²) in [5.74, 6) is 0. The lowest BCUT2D eigenvalue weighted by Gasteiger charge is -2.21. The van der Waals surface area contributed by atoms with Crippen LogP contribution in [0.15, 0.2) is 12.0 Å².